The van der Waals surface area contributed by atoms with Crippen molar-refractivity contribution >= 4 is 37.0 Å². The molecule has 1 unspecified atom stereocenters. The summed E-state index contributed by atoms with van der Waals surface area (Å²) in [6.07, 6.45) is 0. The highest BCUT2D eigenvalue weighted by atomic mass is 35.7. The minimum absolute atomic E-state index is 0.0195. The highest BCUT2D eigenvalue weighted by Crippen LogP contribution is 2.28. The van der Waals surface area contributed by atoms with Crippen molar-refractivity contribution in [2.75, 3.05) is 0 Å². The Morgan fingerprint density at radius 1 is 1.33 bits per heavy atom. The number of amides is 1. The number of carbonyl (C=O) groups is 1. The molecule has 0 fully saturated rings. The Hall–Kier alpha value is -1.44. The molecule has 1 heterocycles. The smallest absolute Gasteiger partial charge is 0.270 e. The van der Waals surface area contributed by atoms with Crippen LogP contribution in [0.15, 0.2) is 40.6 Å². The summed E-state index contributed by atoms with van der Waals surface area (Å²) in [6.45, 7) is 1.70. The van der Waals surface area contributed by atoms with E-state index in [9.17, 15) is 17.6 Å². The predicted octanol–water partition coefficient (Wildman–Crippen LogP) is 3.31. The van der Waals surface area contributed by atoms with E-state index in [1.54, 1.807) is 13.0 Å². The second-order valence-electron chi connectivity index (χ2n) is 4.30. The fraction of sp³-hybridized carbons (Fsp3) is 0.154. The molecule has 112 valence electrons. The zero-order valence-corrected chi connectivity index (χ0v) is 13.2. The molecule has 1 N–H and O–H groups in total. The van der Waals surface area contributed by atoms with Crippen LogP contribution in [0.25, 0.3) is 0 Å². The monoisotopic (exact) mass is 347 g/mol. The molecule has 0 saturated heterocycles. The fourth-order valence-electron chi connectivity index (χ4n) is 1.68. The van der Waals surface area contributed by atoms with Crippen LogP contribution >= 0.6 is 22.0 Å². The van der Waals surface area contributed by atoms with Crippen LogP contribution < -0.4 is 5.32 Å². The molecule has 0 aliphatic rings. The van der Waals surface area contributed by atoms with E-state index in [1.807, 2.05) is 0 Å². The van der Waals surface area contributed by atoms with Crippen molar-refractivity contribution in [2.45, 2.75) is 17.2 Å². The number of rotatable bonds is 4. The standard InChI is InChI=1S/C13H11ClFNO3S2/c1-8(11-5-6-12(20-11)21(14,18)19)16-13(17)9-3-2-4-10(15)7-9/h2-8H,1H3,(H,16,17). The molecule has 0 aliphatic heterocycles. The van der Waals surface area contributed by atoms with E-state index in [0.717, 1.165) is 17.4 Å². The van der Waals surface area contributed by atoms with E-state index in [1.165, 1.54) is 24.3 Å². The van der Waals surface area contributed by atoms with Gasteiger partial charge < -0.3 is 5.32 Å². The number of benzene rings is 1. The maximum Gasteiger partial charge on any atom is 0.270 e. The van der Waals surface area contributed by atoms with Gasteiger partial charge in [0, 0.05) is 21.1 Å². The summed E-state index contributed by atoms with van der Waals surface area (Å²) in [5, 5.41) is 2.67. The first-order chi connectivity index (χ1) is 9.77. The van der Waals surface area contributed by atoms with E-state index in [4.69, 9.17) is 10.7 Å². The maximum absolute atomic E-state index is 13.1. The predicted molar refractivity (Wildman–Crippen MR) is 79.6 cm³/mol. The summed E-state index contributed by atoms with van der Waals surface area (Å²) in [5.74, 6) is -0.937. The van der Waals surface area contributed by atoms with Gasteiger partial charge in [0.25, 0.3) is 15.0 Å². The van der Waals surface area contributed by atoms with Crippen molar-refractivity contribution in [3.8, 4) is 0 Å². The van der Waals surface area contributed by atoms with Crippen LogP contribution in [-0.2, 0) is 9.05 Å². The van der Waals surface area contributed by atoms with Crippen LogP contribution in [0.3, 0.4) is 0 Å². The van der Waals surface area contributed by atoms with Gasteiger partial charge in [0.15, 0.2) is 0 Å². The lowest BCUT2D eigenvalue weighted by Gasteiger charge is -2.12. The number of nitrogens with one attached hydrogen (secondary N) is 1. The van der Waals surface area contributed by atoms with E-state index in [-0.39, 0.29) is 9.77 Å². The Kier molecular flexibility index (Phi) is 4.65. The molecule has 1 aromatic heterocycles. The molecule has 0 aliphatic carbocycles. The fourth-order valence-corrected chi connectivity index (χ4v) is 3.77. The number of thiophene rings is 1. The summed E-state index contributed by atoms with van der Waals surface area (Å²) in [4.78, 5) is 12.6. The third-order valence-electron chi connectivity index (χ3n) is 2.70. The van der Waals surface area contributed by atoms with Gasteiger partial charge in [-0.05, 0) is 37.3 Å². The van der Waals surface area contributed by atoms with E-state index in [2.05, 4.69) is 5.32 Å². The number of halogens is 2. The molecule has 4 nitrogen and oxygen atoms in total. The van der Waals surface area contributed by atoms with Crippen molar-refractivity contribution < 1.29 is 17.6 Å². The van der Waals surface area contributed by atoms with Gasteiger partial charge >= 0.3 is 0 Å². The molecule has 21 heavy (non-hydrogen) atoms. The molecule has 1 atom stereocenters. The molecule has 1 amide bonds. The lowest BCUT2D eigenvalue weighted by molar-refractivity contribution is 0.0940. The van der Waals surface area contributed by atoms with Crippen LogP contribution in [0.2, 0.25) is 0 Å². The molecule has 2 rings (SSSR count). The normalized spacial score (nSPS) is 12.9. The van der Waals surface area contributed by atoms with Gasteiger partial charge in [0.1, 0.15) is 10.0 Å². The lowest BCUT2D eigenvalue weighted by atomic mass is 10.2. The van der Waals surface area contributed by atoms with Crippen LogP contribution in [-0.4, -0.2) is 14.3 Å². The lowest BCUT2D eigenvalue weighted by Crippen LogP contribution is -2.26. The van der Waals surface area contributed by atoms with Gasteiger partial charge in [0.05, 0.1) is 6.04 Å². The Labute approximate surface area is 130 Å². The Bertz CT molecular complexity index is 773. The van der Waals surface area contributed by atoms with Crippen LogP contribution in [0, 0.1) is 5.82 Å². The van der Waals surface area contributed by atoms with Gasteiger partial charge in [-0.3, -0.25) is 4.79 Å². The highest BCUT2D eigenvalue weighted by Gasteiger charge is 2.18. The molecule has 0 bridgehead atoms. The SMILES string of the molecule is CC(NC(=O)c1cccc(F)c1)c1ccc(S(=O)(=O)Cl)s1. The van der Waals surface area contributed by atoms with Crippen molar-refractivity contribution in [1.82, 2.24) is 5.32 Å². The van der Waals surface area contributed by atoms with Gasteiger partial charge in [-0.25, -0.2) is 12.8 Å². The third kappa shape index (κ3) is 4.03. The summed E-state index contributed by atoms with van der Waals surface area (Å²) in [6, 6.07) is 7.86. The zero-order valence-electron chi connectivity index (χ0n) is 10.8. The first-order valence-corrected chi connectivity index (χ1v) is 9.01. The zero-order chi connectivity index (χ0) is 15.6. The molecule has 0 radical (unpaired) electrons. The molecule has 0 saturated carbocycles. The average Bonchev–Trinajstić information content (AvgIpc) is 2.88. The van der Waals surface area contributed by atoms with Gasteiger partial charge in [0.2, 0.25) is 0 Å². The quantitative estimate of drug-likeness (QED) is 0.863. The molecule has 2 aromatic rings. The first kappa shape index (κ1) is 15.9. The Morgan fingerprint density at radius 3 is 2.62 bits per heavy atom. The van der Waals surface area contributed by atoms with Gasteiger partial charge in [-0.15, -0.1) is 11.3 Å². The molecule has 1 aromatic carbocycles. The van der Waals surface area contributed by atoms with Crippen molar-refractivity contribution in [3.05, 3.63) is 52.7 Å². The minimum Gasteiger partial charge on any atom is -0.345 e. The van der Waals surface area contributed by atoms with Crippen LogP contribution in [0.1, 0.15) is 28.2 Å². The van der Waals surface area contributed by atoms with Crippen molar-refractivity contribution in [3.63, 3.8) is 0 Å². The second kappa shape index (κ2) is 6.13. The van der Waals surface area contributed by atoms with Crippen molar-refractivity contribution in [1.29, 1.82) is 0 Å². The summed E-state index contributed by atoms with van der Waals surface area (Å²) in [5.41, 5.74) is 0.198. The Morgan fingerprint density at radius 2 is 2.05 bits per heavy atom. The largest absolute Gasteiger partial charge is 0.345 e. The Balaban J connectivity index is 2.13. The van der Waals surface area contributed by atoms with E-state index >= 15 is 0 Å². The number of hydrogen-bond acceptors (Lipinski definition) is 4. The minimum atomic E-state index is -3.77. The summed E-state index contributed by atoms with van der Waals surface area (Å²) < 4.78 is 35.5. The summed E-state index contributed by atoms with van der Waals surface area (Å²) >= 11 is 0.980. The van der Waals surface area contributed by atoms with E-state index in [0.29, 0.717) is 4.88 Å². The number of hydrogen-bond donors (Lipinski definition) is 1. The molecule has 8 heteroatoms. The van der Waals surface area contributed by atoms with Gasteiger partial charge in [-0.2, -0.15) is 0 Å². The summed E-state index contributed by atoms with van der Waals surface area (Å²) in [7, 11) is 1.48. The first-order valence-electron chi connectivity index (χ1n) is 5.88. The van der Waals surface area contributed by atoms with E-state index < -0.39 is 26.8 Å². The number of carbonyl (C=O) groups excluding carboxylic acids is 1. The van der Waals surface area contributed by atoms with Crippen LogP contribution in [0.5, 0.6) is 0 Å². The molecular weight excluding hydrogens is 337 g/mol. The maximum atomic E-state index is 13.1. The average molecular weight is 348 g/mol. The highest BCUT2D eigenvalue weighted by molar-refractivity contribution is 8.15. The van der Waals surface area contributed by atoms with Crippen molar-refractivity contribution in [2.24, 2.45) is 0 Å². The third-order valence-corrected chi connectivity index (χ3v) is 6.06. The van der Waals surface area contributed by atoms with Gasteiger partial charge in [-0.1, -0.05) is 6.07 Å². The second-order valence-corrected chi connectivity index (χ2v) is 8.21. The van der Waals surface area contributed by atoms with Crippen LogP contribution in [0.4, 0.5) is 4.39 Å². The molecular formula is C13H11ClFNO3S2. The topological polar surface area (TPSA) is 63.2 Å². The molecule has 0 spiro atoms.